The van der Waals surface area contributed by atoms with Gasteiger partial charge in [-0.2, -0.15) is 0 Å². The predicted molar refractivity (Wildman–Crippen MR) is 64.7 cm³/mol. The minimum Gasteiger partial charge on any atom is -0.352 e. The van der Waals surface area contributed by atoms with E-state index in [4.69, 9.17) is 12.2 Å². The average Bonchev–Trinajstić information content (AvgIpc) is 2.21. The summed E-state index contributed by atoms with van der Waals surface area (Å²) in [6.45, 7) is 4.21. The highest BCUT2D eigenvalue weighted by molar-refractivity contribution is 5.78. The van der Waals surface area contributed by atoms with Crippen molar-refractivity contribution < 1.29 is 4.79 Å². The standard InChI is InChI=1S/C12H21N3O/c1-3-4-10(2)14-12(16)9-15-7-5-11(13)6-8-15/h1,10-11H,4-9,13H2,2H3,(H,14,16). The molecule has 1 unspecified atom stereocenters. The lowest BCUT2D eigenvalue weighted by atomic mass is 10.1. The molecule has 0 saturated carbocycles. The summed E-state index contributed by atoms with van der Waals surface area (Å²) in [6, 6.07) is 0.365. The third kappa shape index (κ3) is 4.65. The van der Waals surface area contributed by atoms with E-state index in [1.165, 1.54) is 0 Å². The zero-order valence-corrected chi connectivity index (χ0v) is 9.91. The van der Waals surface area contributed by atoms with Crippen molar-refractivity contribution in [3.8, 4) is 12.3 Å². The first kappa shape index (κ1) is 13.0. The first-order valence-electron chi connectivity index (χ1n) is 5.82. The minimum atomic E-state index is 0.0539. The van der Waals surface area contributed by atoms with Crippen LogP contribution >= 0.6 is 0 Å². The van der Waals surface area contributed by atoms with E-state index in [0.29, 0.717) is 19.0 Å². The average molecular weight is 223 g/mol. The summed E-state index contributed by atoms with van der Waals surface area (Å²) in [4.78, 5) is 13.8. The second-order valence-corrected chi connectivity index (χ2v) is 4.49. The summed E-state index contributed by atoms with van der Waals surface area (Å²) in [7, 11) is 0. The number of rotatable bonds is 4. The van der Waals surface area contributed by atoms with Crippen molar-refractivity contribution in [1.82, 2.24) is 10.2 Å². The maximum Gasteiger partial charge on any atom is 0.234 e. The van der Waals surface area contributed by atoms with Crippen LogP contribution in [0.2, 0.25) is 0 Å². The maximum atomic E-state index is 11.6. The second-order valence-electron chi connectivity index (χ2n) is 4.49. The van der Waals surface area contributed by atoms with Gasteiger partial charge in [-0.25, -0.2) is 0 Å². The zero-order chi connectivity index (χ0) is 12.0. The van der Waals surface area contributed by atoms with Gasteiger partial charge in [-0.1, -0.05) is 0 Å². The van der Waals surface area contributed by atoms with Crippen LogP contribution in [0.1, 0.15) is 26.2 Å². The zero-order valence-electron chi connectivity index (χ0n) is 9.91. The number of likely N-dealkylation sites (tertiary alicyclic amines) is 1. The Bertz CT molecular complexity index is 264. The van der Waals surface area contributed by atoms with E-state index in [2.05, 4.69) is 16.1 Å². The van der Waals surface area contributed by atoms with E-state index in [9.17, 15) is 4.79 Å². The Hall–Kier alpha value is -1.05. The highest BCUT2D eigenvalue weighted by Crippen LogP contribution is 2.07. The van der Waals surface area contributed by atoms with E-state index >= 15 is 0 Å². The van der Waals surface area contributed by atoms with Gasteiger partial charge in [0.1, 0.15) is 0 Å². The van der Waals surface area contributed by atoms with E-state index < -0.39 is 0 Å². The number of terminal acetylenes is 1. The molecule has 1 heterocycles. The number of hydrogen-bond donors (Lipinski definition) is 2. The number of nitrogens with zero attached hydrogens (tertiary/aromatic N) is 1. The Morgan fingerprint density at radius 1 is 1.62 bits per heavy atom. The van der Waals surface area contributed by atoms with Gasteiger partial charge in [0.25, 0.3) is 0 Å². The van der Waals surface area contributed by atoms with Crippen molar-refractivity contribution >= 4 is 5.91 Å². The molecule has 1 amide bonds. The maximum absolute atomic E-state index is 11.6. The fourth-order valence-corrected chi connectivity index (χ4v) is 1.86. The Labute approximate surface area is 97.6 Å². The molecule has 0 radical (unpaired) electrons. The highest BCUT2D eigenvalue weighted by atomic mass is 16.2. The normalized spacial score (nSPS) is 20.1. The number of piperidine rings is 1. The second kappa shape index (κ2) is 6.51. The number of hydrogen-bond acceptors (Lipinski definition) is 3. The van der Waals surface area contributed by atoms with Crippen molar-refractivity contribution in [3.63, 3.8) is 0 Å². The fourth-order valence-electron chi connectivity index (χ4n) is 1.86. The van der Waals surface area contributed by atoms with E-state index in [-0.39, 0.29) is 11.9 Å². The van der Waals surface area contributed by atoms with Crippen LogP contribution in [-0.4, -0.2) is 42.5 Å². The molecule has 1 saturated heterocycles. The van der Waals surface area contributed by atoms with E-state index in [0.717, 1.165) is 25.9 Å². The van der Waals surface area contributed by atoms with Crippen LogP contribution in [0.5, 0.6) is 0 Å². The van der Waals surface area contributed by atoms with Crippen LogP contribution in [0.25, 0.3) is 0 Å². The Morgan fingerprint density at radius 3 is 2.81 bits per heavy atom. The quantitative estimate of drug-likeness (QED) is 0.656. The van der Waals surface area contributed by atoms with Gasteiger partial charge in [0.15, 0.2) is 0 Å². The van der Waals surface area contributed by atoms with Gasteiger partial charge in [-0.05, 0) is 19.8 Å². The van der Waals surface area contributed by atoms with Crippen LogP contribution in [0.15, 0.2) is 0 Å². The first-order chi connectivity index (χ1) is 7.61. The molecule has 1 rings (SSSR count). The third-order valence-corrected chi connectivity index (χ3v) is 2.83. The molecule has 0 spiro atoms. The fraction of sp³-hybridized carbons (Fsp3) is 0.750. The monoisotopic (exact) mass is 223 g/mol. The van der Waals surface area contributed by atoms with E-state index in [1.54, 1.807) is 0 Å². The van der Waals surface area contributed by atoms with Crippen LogP contribution in [0, 0.1) is 12.3 Å². The molecule has 0 aliphatic carbocycles. The molecule has 90 valence electrons. The Morgan fingerprint density at radius 2 is 2.25 bits per heavy atom. The van der Waals surface area contributed by atoms with Gasteiger partial charge >= 0.3 is 0 Å². The molecule has 3 N–H and O–H groups in total. The number of nitrogens with one attached hydrogen (secondary N) is 1. The summed E-state index contributed by atoms with van der Waals surface area (Å²) < 4.78 is 0. The molecular weight excluding hydrogens is 202 g/mol. The topological polar surface area (TPSA) is 58.4 Å². The summed E-state index contributed by atoms with van der Waals surface area (Å²) in [5, 5.41) is 2.88. The number of carbonyl (C=O) groups is 1. The molecule has 1 aliphatic heterocycles. The largest absolute Gasteiger partial charge is 0.352 e. The van der Waals surface area contributed by atoms with Gasteiger partial charge in [0.05, 0.1) is 6.54 Å². The van der Waals surface area contributed by atoms with Crippen molar-refractivity contribution in [2.45, 2.75) is 38.3 Å². The SMILES string of the molecule is C#CCC(C)NC(=O)CN1CCC(N)CC1. The summed E-state index contributed by atoms with van der Waals surface area (Å²) >= 11 is 0. The Balaban J connectivity index is 2.21. The number of nitrogens with two attached hydrogens (primary N) is 1. The number of carbonyl (C=O) groups excluding carboxylic acids is 1. The molecule has 0 aromatic rings. The summed E-state index contributed by atoms with van der Waals surface area (Å²) in [5.74, 6) is 2.59. The van der Waals surface area contributed by atoms with Crippen molar-refractivity contribution in [1.29, 1.82) is 0 Å². The van der Waals surface area contributed by atoms with Gasteiger partial charge < -0.3 is 11.1 Å². The predicted octanol–water partition coefficient (Wildman–Crippen LogP) is -0.0625. The Kier molecular flexibility index (Phi) is 5.30. The molecule has 4 heteroatoms. The van der Waals surface area contributed by atoms with Gasteiger partial charge in [-0.15, -0.1) is 12.3 Å². The molecule has 0 aromatic carbocycles. The van der Waals surface area contributed by atoms with Crippen molar-refractivity contribution in [2.24, 2.45) is 5.73 Å². The highest BCUT2D eigenvalue weighted by Gasteiger charge is 2.18. The molecule has 0 aromatic heterocycles. The molecule has 1 aliphatic rings. The minimum absolute atomic E-state index is 0.0539. The van der Waals surface area contributed by atoms with Gasteiger partial charge in [0, 0.05) is 31.6 Å². The lowest BCUT2D eigenvalue weighted by molar-refractivity contribution is -0.123. The molecule has 4 nitrogen and oxygen atoms in total. The van der Waals surface area contributed by atoms with Crippen molar-refractivity contribution in [3.05, 3.63) is 0 Å². The molecular formula is C12H21N3O. The van der Waals surface area contributed by atoms with Crippen LogP contribution in [0.4, 0.5) is 0 Å². The van der Waals surface area contributed by atoms with Crippen LogP contribution in [0.3, 0.4) is 0 Å². The van der Waals surface area contributed by atoms with Crippen LogP contribution in [-0.2, 0) is 4.79 Å². The molecule has 1 fully saturated rings. The third-order valence-electron chi connectivity index (χ3n) is 2.83. The lowest BCUT2D eigenvalue weighted by Gasteiger charge is -2.29. The van der Waals surface area contributed by atoms with E-state index in [1.807, 2.05) is 6.92 Å². The van der Waals surface area contributed by atoms with Crippen LogP contribution < -0.4 is 11.1 Å². The summed E-state index contributed by atoms with van der Waals surface area (Å²) in [6.07, 6.45) is 7.72. The summed E-state index contributed by atoms with van der Waals surface area (Å²) in [5.41, 5.74) is 5.80. The molecule has 0 bridgehead atoms. The van der Waals surface area contributed by atoms with Gasteiger partial charge in [0.2, 0.25) is 5.91 Å². The van der Waals surface area contributed by atoms with Gasteiger partial charge in [-0.3, -0.25) is 9.69 Å². The molecule has 1 atom stereocenters. The smallest absolute Gasteiger partial charge is 0.234 e. The lowest BCUT2D eigenvalue weighted by Crippen LogP contribution is -2.46. The van der Waals surface area contributed by atoms with Crippen molar-refractivity contribution in [2.75, 3.05) is 19.6 Å². The number of amides is 1. The molecule has 16 heavy (non-hydrogen) atoms. The first-order valence-corrected chi connectivity index (χ1v) is 5.82.